The number of rotatable bonds is 8. The molecule has 0 bridgehead atoms. The summed E-state index contributed by atoms with van der Waals surface area (Å²) in [4.78, 5) is 4.26. The van der Waals surface area contributed by atoms with Gasteiger partial charge >= 0.3 is 0 Å². The second-order valence-electron chi connectivity index (χ2n) is 4.42. The summed E-state index contributed by atoms with van der Waals surface area (Å²) in [5.74, 6) is 0.712. The van der Waals surface area contributed by atoms with Crippen molar-refractivity contribution < 1.29 is 4.74 Å². The lowest BCUT2D eigenvalue weighted by atomic mass is 10.1. The topological polar surface area (TPSA) is 22.1 Å². The Kier molecular flexibility index (Phi) is 7.25. The summed E-state index contributed by atoms with van der Waals surface area (Å²) in [7, 11) is 0. The molecule has 0 aliphatic heterocycles. The molecule has 0 radical (unpaired) electrons. The SMILES string of the molecule is CCCCCCCCOc1ncc(C)cc1Br. The minimum Gasteiger partial charge on any atom is -0.477 e. The van der Waals surface area contributed by atoms with Crippen LogP contribution in [0.15, 0.2) is 16.7 Å². The molecule has 0 saturated heterocycles. The van der Waals surface area contributed by atoms with Crippen molar-refractivity contribution in [2.45, 2.75) is 52.4 Å². The van der Waals surface area contributed by atoms with Crippen molar-refractivity contribution in [1.29, 1.82) is 0 Å². The monoisotopic (exact) mass is 299 g/mol. The highest BCUT2D eigenvalue weighted by atomic mass is 79.9. The second-order valence-corrected chi connectivity index (χ2v) is 5.27. The predicted octanol–water partition coefficient (Wildman–Crippen LogP) is 4.89. The van der Waals surface area contributed by atoms with E-state index in [0.29, 0.717) is 5.88 Å². The van der Waals surface area contributed by atoms with E-state index in [1.807, 2.05) is 19.2 Å². The van der Waals surface area contributed by atoms with E-state index in [-0.39, 0.29) is 0 Å². The van der Waals surface area contributed by atoms with Gasteiger partial charge in [-0.25, -0.2) is 4.98 Å². The number of nitrogens with zero attached hydrogens (tertiary/aromatic N) is 1. The summed E-state index contributed by atoms with van der Waals surface area (Å²) < 4.78 is 6.59. The Labute approximate surface area is 113 Å². The van der Waals surface area contributed by atoms with Gasteiger partial charge in [-0.15, -0.1) is 0 Å². The van der Waals surface area contributed by atoms with Gasteiger partial charge in [-0.05, 0) is 40.9 Å². The summed E-state index contributed by atoms with van der Waals surface area (Å²) in [6.45, 7) is 5.03. The molecule has 0 amide bonds. The van der Waals surface area contributed by atoms with Gasteiger partial charge in [-0.3, -0.25) is 0 Å². The molecule has 96 valence electrons. The van der Waals surface area contributed by atoms with E-state index in [1.54, 1.807) is 0 Å². The second kappa shape index (κ2) is 8.51. The average Bonchev–Trinajstić information content (AvgIpc) is 2.30. The first-order valence-electron chi connectivity index (χ1n) is 6.49. The first-order valence-corrected chi connectivity index (χ1v) is 7.28. The van der Waals surface area contributed by atoms with Crippen molar-refractivity contribution in [3.8, 4) is 5.88 Å². The van der Waals surface area contributed by atoms with Crippen LogP contribution in [-0.4, -0.2) is 11.6 Å². The minimum absolute atomic E-state index is 0.712. The Morgan fingerprint density at radius 3 is 2.59 bits per heavy atom. The van der Waals surface area contributed by atoms with E-state index in [9.17, 15) is 0 Å². The van der Waals surface area contributed by atoms with Crippen LogP contribution in [0.5, 0.6) is 5.88 Å². The van der Waals surface area contributed by atoms with Crippen LogP contribution < -0.4 is 4.74 Å². The van der Waals surface area contributed by atoms with Crippen LogP contribution in [-0.2, 0) is 0 Å². The lowest BCUT2D eigenvalue weighted by molar-refractivity contribution is 0.291. The Morgan fingerprint density at radius 2 is 1.88 bits per heavy atom. The van der Waals surface area contributed by atoms with Gasteiger partial charge in [-0.1, -0.05) is 39.0 Å². The van der Waals surface area contributed by atoms with Crippen molar-refractivity contribution in [3.05, 3.63) is 22.3 Å². The minimum atomic E-state index is 0.712. The highest BCUT2D eigenvalue weighted by Crippen LogP contribution is 2.22. The van der Waals surface area contributed by atoms with Crippen LogP contribution in [0, 0.1) is 6.92 Å². The fourth-order valence-electron chi connectivity index (χ4n) is 1.68. The Hall–Kier alpha value is -0.570. The molecule has 1 heterocycles. The summed E-state index contributed by atoms with van der Waals surface area (Å²) in [5, 5.41) is 0. The summed E-state index contributed by atoms with van der Waals surface area (Å²) in [6.07, 6.45) is 9.53. The number of pyridine rings is 1. The van der Waals surface area contributed by atoms with Crippen molar-refractivity contribution >= 4 is 15.9 Å². The number of unbranched alkanes of at least 4 members (excludes halogenated alkanes) is 5. The van der Waals surface area contributed by atoms with Crippen LogP contribution in [0.2, 0.25) is 0 Å². The van der Waals surface area contributed by atoms with Crippen LogP contribution >= 0.6 is 15.9 Å². The van der Waals surface area contributed by atoms with Gasteiger partial charge in [0.05, 0.1) is 11.1 Å². The molecule has 0 spiro atoms. The predicted molar refractivity (Wildman–Crippen MR) is 75.5 cm³/mol. The molecular formula is C14H22BrNO. The lowest BCUT2D eigenvalue weighted by Gasteiger charge is -2.07. The zero-order chi connectivity index (χ0) is 12.5. The summed E-state index contributed by atoms with van der Waals surface area (Å²) in [5.41, 5.74) is 1.14. The molecular weight excluding hydrogens is 278 g/mol. The largest absolute Gasteiger partial charge is 0.477 e. The number of hydrogen-bond acceptors (Lipinski definition) is 2. The fraction of sp³-hybridized carbons (Fsp3) is 0.643. The molecule has 0 saturated carbocycles. The molecule has 3 heteroatoms. The van der Waals surface area contributed by atoms with E-state index in [0.717, 1.165) is 23.1 Å². The number of aromatic nitrogens is 1. The third kappa shape index (κ3) is 6.06. The van der Waals surface area contributed by atoms with Crippen LogP contribution in [0.25, 0.3) is 0 Å². The molecule has 1 aromatic heterocycles. The normalized spacial score (nSPS) is 10.5. The maximum absolute atomic E-state index is 5.64. The molecule has 1 rings (SSSR count). The van der Waals surface area contributed by atoms with Crippen molar-refractivity contribution in [2.24, 2.45) is 0 Å². The molecule has 0 aliphatic carbocycles. The highest BCUT2D eigenvalue weighted by Gasteiger charge is 2.02. The van der Waals surface area contributed by atoms with Gasteiger partial charge in [0.25, 0.3) is 0 Å². The summed E-state index contributed by atoms with van der Waals surface area (Å²) >= 11 is 3.46. The van der Waals surface area contributed by atoms with Crippen LogP contribution in [0.1, 0.15) is 51.0 Å². The Morgan fingerprint density at radius 1 is 1.18 bits per heavy atom. The van der Waals surface area contributed by atoms with Gasteiger partial charge in [-0.2, -0.15) is 0 Å². The van der Waals surface area contributed by atoms with E-state index < -0.39 is 0 Å². The van der Waals surface area contributed by atoms with Gasteiger partial charge < -0.3 is 4.74 Å². The molecule has 0 N–H and O–H groups in total. The smallest absolute Gasteiger partial charge is 0.227 e. The van der Waals surface area contributed by atoms with Crippen molar-refractivity contribution in [2.75, 3.05) is 6.61 Å². The molecule has 17 heavy (non-hydrogen) atoms. The van der Waals surface area contributed by atoms with Gasteiger partial charge in [0.1, 0.15) is 0 Å². The van der Waals surface area contributed by atoms with Gasteiger partial charge in [0.15, 0.2) is 0 Å². The molecule has 0 aliphatic rings. The number of aryl methyl sites for hydroxylation is 1. The van der Waals surface area contributed by atoms with Gasteiger partial charge in [0.2, 0.25) is 5.88 Å². The highest BCUT2D eigenvalue weighted by molar-refractivity contribution is 9.10. The van der Waals surface area contributed by atoms with Crippen molar-refractivity contribution in [1.82, 2.24) is 4.98 Å². The third-order valence-electron chi connectivity index (χ3n) is 2.68. The van der Waals surface area contributed by atoms with E-state index in [4.69, 9.17) is 4.74 Å². The maximum Gasteiger partial charge on any atom is 0.227 e. The number of ether oxygens (including phenoxy) is 1. The standard InChI is InChI=1S/C14H22BrNO/c1-3-4-5-6-7-8-9-17-14-13(15)10-12(2)11-16-14/h10-11H,3-9H2,1-2H3. The zero-order valence-electron chi connectivity index (χ0n) is 10.8. The number of hydrogen-bond donors (Lipinski definition) is 0. The van der Waals surface area contributed by atoms with E-state index in [1.165, 1.54) is 32.1 Å². The molecule has 0 fully saturated rings. The molecule has 0 unspecified atom stereocenters. The fourth-order valence-corrected chi connectivity index (χ4v) is 2.26. The Balaban J connectivity index is 2.14. The third-order valence-corrected chi connectivity index (χ3v) is 3.25. The lowest BCUT2D eigenvalue weighted by Crippen LogP contribution is -2.00. The van der Waals surface area contributed by atoms with E-state index in [2.05, 4.69) is 27.8 Å². The first kappa shape index (κ1) is 14.5. The van der Waals surface area contributed by atoms with Crippen LogP contribution in [0.4, 0.5) is 0 Å². The van der Waals surface area contributed by atoms with Gasteiger partial charge in [0, 0.05) is 6.20 Å². The maximum atomic E-state index is 5.64. The van der Waals surface area contributed by atoms with E-state index >= 15 is 0 Å². The Bertz CT molecular complexity index is 328. The first-order chi connectivity index (χ1) is 8.24. The quantitative estimate of drug-likeness (QED) is 0.638. The van der Waals surface area contributed by atoms with Crippen molar-refractivity contribution in [3.63, 3.8) is 0 Å². The van der Waals surface area contributed by atoms with Crippen LogP contribution in [0.3, 0.4) is 0 Å². The molecule has 1 aromatic rings. The average molecular weight is 300 g/mol. The molecule has 2 nitrogen and oxygen atoms in total. The number of halogens is 1. The zero-order valence-corrected chi connectivity index (χ0v) is 12.4. The molecule has 0 aromatic carbocycles. The molecule has 0 atom stereocenters. The summed E-state index contributed by atoms with van der Waals surface area (Å²) in [6, 6.07) is 2.03.